The Bertz CT molecular complexity index is 1430. The molecule has 2 unspecified atom stereocenters. The first-order valence-corrected chi connectivity index (χ1v) is 16.1. The molecule has 2 bridgehead atoms. The summed E-state index contributed by atoms with van der Waals surface area (Å²) in [7, 11) is 1.41. The van der Waals surface area contributed by atoms with Crippen LogP contribution in [-0.4, -0.2) is 40.8 Å². The summed E-state index contributed by atoms with van der Waals surface area (Å²) in [5, 5.41) is 22.9. The van der Waals surface area contributed by atoms with E-state index in [0.29, 0.717) is 19.3 Å². The van der Waals surface area contributed by atoms with Crippen LogP contribution >= 0.6 is 0 Å². The molecule has 0 radical (unpaired) electrons. The maximum atomic E-state index is 15.3. The van der Waals surface area contributed by atoms with Crippen molar-refractivity contribution in [2.75, 3.05) is 7.11 Å². The van der Waals surface area contributed by atoms with Crippen LogP contribution in [0.15, 0.2) is 65.3 Å². The molecule has 0 spiro atoms. The van der Waals surface area contributed by atoms with Crippen LogP contribution in [0.4, 0.5) is 0 Å². The van der Waals surface area contributed by atoms with Gasteiger partial charge in [0, 0.05) is 5.56 Å². The van der Waals surface area contributed by atoms with Gasteiger partial charge in [-0.15, -0.1) is 0 Å². The zero-order valence-electron chi connectivity index (χ0n) is 29.0. The normalized spacial score (nSPS) is 27.7. The number of carbonyl (C=O) groups is 3. The molecule has 2 aliphatic carbocycles. The second kappa shape index (κ2) is 13.6. The van der Waals surface area contributed by atoms with Gasteiger partial charge in [0.2, 0.25) is 0 Å². The fourth-order valence-corrected chi connectivity index (χ4v) is 7.69. The molecule has 6 nitrogen and oxygen atoms in total. The smallest absolute Gasteiger partial charge is 0.176 e. The molecular weight excluding hydrogens is 564 g/mol. The number of Topliss-reactive ketones (excluding diaryl/α,β-unsaturated/α-hetero) is 3. The number of ether oxygens (including phenoxy) is 1. The number of hydrogen-bond donors (Lipinski definition) is 2. The standard InChI is InChI=1S/C39H54O6/c1-23(2)12-14-28(26(7)8)21-38-22-29(16-13-24(3)4)37(9,10)39(36(38)44,19-18-25(5)6)35(43)32(34(38)42)33(41)27-15-17-31(45-11)30(40)20-27/h12-13,15,17-18,20,28-29,32,34,40,42H,7,14,16,19,21-22H2,1-6,8-11H3/t28-,29+,32?,34?,38+,39-/m1/s1. The maximum absolute atomic E-state index is 15.3. The number of fused-ring (bicyclic) bond motifs is 2. The third kappa shape index (κ3) is 6.54. The zero-order chi connectivity index (χ0) is 34.1. The van der Waals surface area contributed by atoms with Crippen molar-refractivity contribution in [2.24, 2.45) is 34.0 Å². The van der Waals surface area contributed by atoms with Gasteiger partial charge in [-0.3, -0.25) is 14.4 Å². The molecule has 0 heterocycles. The average molecular weight is 619 g/mol. The third-order valence-corrected chi connectivity index (χ3v) is 10.6. The van der Waals surface area contributed by atoms with Crippen LogP contribution in [-0.2, 0) is 9.59 Å². The van der Waals surface area contributed by atoms with Crippen LogP contribution in [0.5, 0.6) is 11.5 Å². The molecular formula is C39H54O6. The fourth-order valence-electron chi connectivity index (χ4n) is 7.69. The van der Waals surface area contributed by atoms with Gasteiger partial charge in [-0.1, -0.05) is 60.9 Å². The second-order valence-electron chi connectivity index (χ2n) is 14.8. The van der Waals surface area contributed by atoms with Crippen molar-refractivity contribution < 1.29 is 29.3 Å². The molecule has 0 aliphatic heterocycles. The number of carbonyl (C=O) groups excluding carboxylic acids is 3. The topological polar surface area (TPSA) is 101 Å². The first-order chi connectivity index (χ1) is 20.9. The van der Waals surface area contributed by atoms with E-state index in [2.05, 4.69) is 18.7 Å². The van der Waals surface area contributed by atoms with E-state index < -0.39 is 39.8 Å². The Kier molecular flexibility index (Phi) is 11.0. The summed E-state index contributed by atoms with van der Waals surface area (Å²) in [6.45, 7) is 22.2. The van der Waals surface area contributed by atoms with E-state index in [1.807, 2.05) is 68.4 Å². The number of benzene rings is 1. The Balaban J connectivity index is 2.38. The number of aliphatic hydroxyl groups is 1. The van der Waals surface area contributed by atoms with Gasteiger partial charge in [-0.05, 0) is 116 Å². The number of aliphatic hydroxyl groups excluding tert-OH is 1. The molecule has 0 saturated heterocycles. The van der Waals surface area contributed by atoms with Gasteiger partial charge in [0.25, 0.3) is 0 Å². The molecule has 2 N–H and O–H groups in total. The minimum Gasteiger partial charge on any atom is -0.504 e. The van der Waals surface area contributed by atoms with Crippen molar-refractivity contribution in [3.05, 3.63) is 70.9 Å². The van der Waals surface area contributed by atoms with Gasteiger partial charge in [0.15, 0.2) is 28.8 Å². The molecule has 2 saturated carbocycles. The molecule has 2 fully saturated rings. The third-order valence-electron chi connectivity index (χ3n) is 10.6. The van der Waals surface area contributed by atoms with Crippen molar-refractivity contribution in [1.29, 1.82) is 0 Å². The van der Waals surface area contributed by atoms with Crippen LogP contribution < -0.4 is 4.74 Å². The van der Waals surface area contributed by atoms with Gasteiger partial charge in [0.05, 0.1) is 24.0 Å². The number of aromatic hydroxyl groups is 1. The summed E-state index contributed by atoms with van der Waals surface area (Å²) < 4.78 is 5.17. The largest absolute Gasteiger partial charge is 0.504 e. The summed E-state index contributed by atoms with van der Waals surface area (Å²) in [6, 6.07) is 4.24. The lowest BCUT2D eigenvalue weighted by Gasteiger charge is -2.64. The van der Waals surface area contributed by atoms with Crippen molar-refractivity contribution in [3.63, 3.8) is 0 Å². The van der Waals surface area contributed by atoms with Gasteiger partial charge < -0.3 is 14.9 Å². The highest BCUT2D eigenvalue weighted by Crippen LogP contribution is 2.67. The lowest BCUT2D eigenvalue weighted by atomic mass is 9.37. The fraction of sp³-hybridized carbons (Fsp3) is 0.564. The van der Waals surface area contributed by atoms with Crippen molar-refractivity contribution in [1.82, 2.24) is 0 Å². The Labute approximate surface area is 270 Å². The number of phenols is 1. The highest BCUT2D eigenvalue weighted by Gasteiger charge is 2.75. The molecule has 1 aromatic carbocycles. The van der Waals surface area contributed by atoms with Crippen molar-refractivity contribution >= 4 is 17.3 Å². The van der Waals surface area contributed by atoms with Crippen LogP contribution in [0.2, 0.25) is 0 Å². The van der Waals surface area contributed by atoms with Crippen molar-refractivity contribution in [3.8, 4) is 11.5 Å². The van der Waals surface area contributed by atoms with Gasteiger partial charge in [-0.25, -0.2) is 0 Å². The van der Waals surface area contributed by atoms with Crippen LogP contribution in [0.3, 0.4) is 0 Å². The van der Waals surface area contributed by atoms with E-state index >= 15 is 9.59 Å². The number of ketones is 3. The quantitative estimate of drug-likeness (QED) is 0.139. The summed E-state index contributed by atoms with van der Waals surface area (Å²) >= 11 is 0. The lowest BCUT2D eigenvalue weighted by Crippen LogP contribution is -2.73. The molecule has 3 rings (SSSR count). The predicted octanol–water partition coefficient (Wildman–Crippen LogP) is 8.38. The molecule has 2 aliphatic rings. The van der Waals surface area contributed by atoms with Gasteiger partial charge in [0.1, 0.15) is 5.92 Å². The summed E-state index contributed by atoms with van der Waals surface area (Å²) in [5.74, 6) is -3.15. The van der Waals surface area contributed by atoms with E-state index in [4.69, 9.17) is 4.74 Å². The minimum absolute atomic E-state index is 0.0885. The highest BCUT2D eigenvalue weighted by atomic mass is 16.5. The molecule has 0 amide bonds. The van der Waals surface area contributed by atoms with E-state index in [1.165, 1.54) is 25.3 Å². The average Bonchev–Trinajstić information content (AvgIpc) is 2.94. The van der Waals surface area contributed by atoms with E-state index in [-0.39, 0.29) is 47.5 Å². The zero-order valence-corrected chi connectivity index (χ0v) is 29.0. The number of methoxy groups -OCH3 is 1. The molecule has 1 aromatic rings. The van der Waals surface area contributed by atoms with Crippen LogP contribution in [0.25, 0.3) is 0 Å². The summed E-state index contributed by atoms with van der Waals surface area (Å²) in [5.41, 5.74) is 0.522. The number of hydrogen-bond acceptors (Lipinski definition) is 6. The Morgan fingerprint density at radius 3 is 2.13 bits per heavy atom. The summed E-state index contributed by atoms with van der Waals surface area (Å²) in [4.78, 5) is 44.7. The van der Waals surface area contributed by atoms with Crippen LogP contribution in [0.1, 0.15) is 105 Å². The Morgan fingerprint density at radius 2 is 1.62 bits per heavy atom. The number of rotatable bonds is 12. The first kappa shape index (κ1) is 36.2. The van der Waals surface area contributed by atoms with Gasteiger partial charge >= 0.3 is 0 Å². The molecule has 45 heavy (non-hydrogen) atoms. The van der Waals surface area contributed by atoms with E-state index in [9.17, 15) is 15.0 Å². The lowest BCUT2D eigenvalue weighted by molar-refractivity contribution is -0.198. The highest BCUT2D eigenvalue weighted by molar-refractivity contribution is 6.23. The number of allylic oxidation sites excluding steroid dienone is 7. The number of phenolic OH excluding ortho intramolecular Hbond substituents is 1. The minimum atomic E-state index is -1.53. The maximum Gasteiger partial charge on any atom is 0.176 e. The first-order valence-electron chi connectivity index (χ1n) is 16.1. The molecule has 6 heteroatoms. The van der Waals surface area contributed by atoms with E-state index in [0.717, 1.165) is 22.3 Å². The van der Waals surface area contributed by atoms with E-state index in [1.54, 1.807) is 0 Å². The molecule has 246 valence electrons. The predicted molar refractivity (Wildman–Crippen MR) is 180 cm³/mol. The van der Waals surface area contributed by atoms with Crippen LogP contribution in [0, 0.1) is 34.0 Å². The molecule has 6 atom stereocenters. The SMILES string of the molecule is C=C(C)[C@H](CC=C(C)C)C[C@]12C[C@H](CC=C(C)C)C(C)(C)[C@](CC=C(C)C)(C(=O)C(C(=O)c3ccc(OC)c(O)c3)C1O)C2=O. The second-order valence-corrected chi connectivity index (χ2v) is 14.8. The summed E-state index contributed by atoms with van der Waals surface area (Å²) in [6.07, 6.45) is 6.75. The Hall–Kier alpha value is -3.25. The van der Waals surface area contributed by atoms with Gasteiger partial charge in [-0.2, -0.15) is 0 Å². The monoisotopic (exact) mass is 618 g/mol. The van der Waals surface area contributed by atoms with Crippen molar-refractivity contribution in [2.45, 2.75) is 101 Å². The molecule has 0 aromatic heterocycles. The Morgan fingerprint density at radius 1 is 1.02 bits per heavy atom.